The number of carbonyl (C=O) groups excluding carboxylic acids is 1. The van der Waals surface area contributed by atoms with Gasteiger partial charge >= 0.3 is 5.97 Å². The van der Waals surface area contributed by atoms with Crippen molar-refractivity contribution in [2.24, 2.45) is 5.92 Å². The van der Waals surface area contributed by atoms with E-state index in [-0.39, 0.29) is 18.4 Å². The summed E-state index contributed by atoms with van der Waals surface area (Å²) in [5, 5.41) is 11.3. The second kappa shape index (κ2) is 9.02. The summed E-state index contributed by atoms with van der Waals surface area (Å²) in [6, 6.07) is -0.288. The number of rotatable bonds is 9. The van der Waals surface area contributed by atoms with Crippen molar-refractivity contribution in [3.8, 4) is 0 Å². The second-order valence-corrected chi connectivity index (χ2v) is 4.69. The van der Waals surface area contributed by atoms with Crippen LogP contribution in [-0.2, 0) is 9.59 Å². The Morgan fingerprint density at radius 3 is 2.35 bits per heavy atom. The molecule has 4 heteroatoms. The molecule has 0 aromatic carbocycles. The van der Waals surface area contributed by atoms with E-state index >= 15 is 0 Å². The molecule has 0 spiro atoms. The maximum atomic E-state index is 11.7. The van der Waals surface area contributed by atoms with Crippen LogP contribution >= 0.6 is 0 Å². The molecule has 4 nitrogen and oxygen atoms in total. The smallest absolute Gasteiger partial charge is 0.305 e. The van der Waals surface area contributed by atoms with Crippen molar-refractivity contribution < 1.29 is 14.7 Å². The van der Waals surface area contributed by atoms with Crippen LogP contribution in [0.15, 0.2) is 0 Å². The predicted octanol–water partition coefficient (Wildman–Crippen LogP) is 2.57. The number of unbranched alkanes of at least 4 members (excludes halogenated alkanes) is 1. The Balaban J connectivity index is 3.92. The number of amides is 1. The van der Waals surface area contributed by atoms with Crippen LogP contribution in [0.2, 0.25) is 0 Å². The highest BCUT2D eigenvalue weighted by atomic mass is 16.4. The first kappa shape index (κ1) is 15.9. The standard InChI is InChI=1S/C13H25NO3/c1-4-6-7-11(5-2)9-12(15)14-10(3)8-13(16)17/h10-11H,4-9H2,1-3H3,(H,14,15)(H,16,17). The molecule has 0 rings (SSSR count). The summed E-state index contributed by atoms with van der Waals surface area (Å²) in [5.41, 5.74) is 0. The quantitative estimate of drug-likeness (QED) is 0.654. The Labute approximate surface area is 104 Å². The zero-order chi connectivity index (χ0) is 13.3. The molecule has 0 heterocycles. The molecule has 2 N–H and O–H groups in total. The van der Waals surface area contributed by atoms with Gasteiger partial charge in [-0.2, -0.15) is 0 Å². The monoisotopic (exact) mass is 243 g/mol. The van der Waals surface area contributed by atoms with E-state index in [1.807, 2.05) is 0 Å². The van der Waals surface area contributed by atoms with Gasteiger partial charge in [0.15, 0.2) is 0 Å². The van der Waals surface area contributed by atoms with E-state index < -0.39 is 5.97 Å². The van der Waals surface area contributed by atoms with E-state index in [1.54, 1.807) is 6.92 Å². The number of carboxylic acid groups (broad SMARTS) is 1. The highest BCUT2D eigenvalue weighted by molar-refractivity contribution is 5.77. The summed E-state index contributed by atoms with van der Waals surface area (Å²) >= 11 is 0. The number of nitrogens with one attached hydrogen (secondary N) is 1. The highest BCUT2D eigenvalue weighted by Gasteiger charge is 2.15. The third kappa shape index (κ3) is 8.72. The van der Waals surface area contributed by atoms with Gasteiger partial charge in [-0.05, 0) is 19.3 Å². The number of hydrogen-bond acceptors (Lipinski definition) is 2. The number of carboxylic acids is 1. The Morgan fingerprint density at radius 1 is 1.24 bits per heavy atom. The molecule has 2 unspecified atom stereocenters. The molecule has 0 aliphatic heterocycles. The van der Waals surface area contributed by atoms with Crippen molar-refractivity contribution in [2.75, 3.05) is 0 Å². The van der Waals surface area contributed by atoms with Crippen molar-refractivity contribution in [1.82, 2.24) is 5.32 Å². The fourth-order valence-electron chi connectivity index (χ4n) is 1.85. The SMILES string of the molecule is CCCCC(CC)CC(=O)NC(C)CC(=O)O. The summed E-state index contributed by atoms with van der Waals surface area (Å²) in [6.07, 6.45) is 4.87. The van der Waals surface area contributed by atoms with Gasteiger partial charge in [-0.1, -0.05) is 33.1 Å². The maximum Gasteiger partial charge on any atom is 0.305 e. The van der Waals surface area contributed by atoms with E-state index in [1.165, 1.54) is 0 Å². The van der Waals surface area contributed by atoms with Gasteiger partial charge in [0.25, 0.3) is 0 Å². The van der Waals surface area contributed by atoms with Crippen molar-refractivity contribution >= 4 is 11.9 Å². The Bertz CT molecular complexity index is 241. The summed E-state index contributed by atoms with van der Waals surface area (Å²) in [4.78, 5) is 22.1. The van der Waals surface area contributed by atoms with Crippen molar-refractivity contribution in [1.29, 1.82) is 0 Å². The minimum Gasteiger partial charge on any atom is -0.481 e. The van der Waals surface area contributed by atoms with Crippen molar-refractivity contribution in [2.45, 2.75) is 65.3 Å². The second-order valence-electron chi connectivity index (χ2n) is 4.69. The van der Waals surface area contributed by atoms with Gasteiger partial charge in [0, 0.05) is 12.5 Å². The molecule has 0 radical (unpaired) electrons. The lowest BCUT2D eigenvalue weighted by Crippen LogP contribution is -2.35. The topological polar surface area (TPSA) is 66.4 Å². The van der Waals surface area contributed by atoms with Crippen molar-refractivity contribution in [3.05, 3.63) is 0 Å². The fraction of sp³-hybridized carbons (Fsp3) is 0.846. The minimum absolute atomic E-state index is 0.0164. The normalized spacial score (nSPS) is 14.1. The molecule has 2 atom stereocenters. The molecule has 17 heavy (non-hydrogen) atoms. The third-order valence-corrected chi connectivity index (χ3v) is 2.91. The minimum atomic E-state index is -0.879. The zero-order valence-electron chi connectivity index (χ0n) is 11.2. The van der Waals surface area contributed by atoms with Crippen LogP contribution in [0.25, 0.3) is 0 Å². The fourth-order valence-corrected chi connectivity index (χ4v) is 1.85. The van der Waals surface area contributed by atoms with Gasteiger partial charge in [-0.15, -0.1) is 0 Å². The van der Waals surface area contributed by atoms with Crippen molar-refractivity contribution in [3.63, 3.8) is 0 Å². The van der Waals surface area contributed by atoms with Gasteiger partial charge in [-0.25, -0.2) is 0 Å². The summed E-state index contributed by atoms with van der Waals surface area (Å²) in [5.74, 6) is -0.482. The Kier molecular flexibility index (Phi) is 8.46. The average molecular weight is 243 g/mol. The van der Waals surface area contributed by atoms with Crippen LogP contribution < -0.4 is 5.32 Å². The van der Waals surface area contributed by atoms with E-state index in [0.717, 1.165) is 25.7 Å². The van der Waals surface area contributed by atoms with Crippen LogP contribution in [0.1, 0.15) is 59.3 Å². The number of aliphatic carboxylic acids is 1. The molecular formula is C13H25NO3. The largest absolute Gasteiger partial charge is 0.481 e. The summed E-state index contributed by atoms with van der Waals surface area (Å²) in [6.45, 7) is 5.95. The summed E-state index contributed by atoms with van der Waals surface area (Å²) < 4.78 is 0. The van der Waals surface area contributed by atoms with Gasteiger partial charge < -0.3 is 10.4 Å². The number of carbonyl (C=O) groups is 2. The molecule has 0 aliphatic rings. The van der Waals surface area contributed by atoms with Gasteiger partial charge in [0.05, 0.1) is 6.42 Å². The molecule has 0 saturated carbocycles. The molecule has 1 amide bonds. The van der Waals surface area contributed by atoms with E-state index in [0.29, 0.717) is 12.3 Å². The maximum absolute atomic E-state index is 11.7. The first-order chi connectivity index (χ1) is 7.99. The zero-order valence-corrected chi connectivity index (χ0v) is 11.2. The first-order valence-electron chi connectivity index (χ1n) is 6.50. The van der Waals surface area contributed by atoms with Crippen LogP contribution in [0.5, 0.6) is 0 Å². The molecule has 0 saturated heterocycles. The van der Waals surface area contributed by atoms with E-state index in [4.69, 9.17) is 5.11 Å². The van der Waals surface area contributed by atoms with Crippen LogP contribution in [0.4, 0.5) is 0 Å². The van der Waals surface area contributed by atoms with Crippen LogP contribution in [-0.4, -0.2) is 23.0 Å². The molecule has 0 aromatic heterocycles. The van der Waals surface area contributed by atoms with Crippen LogP contribution in [0.3, 0.4) is 0 Å². The third-order valence-electron chi connectivity index (χ3n) is 2.91. The van der Waals surface area contributed by atoms with Gasteiger partial charge in [0.2, 0.25) is 5.91 Å². The van der Waals surface area contributed by atoms with E-state index in [2.05, 4.69) is 19.2 Å². The molecule has 0 fully saturated rings. The lowest BCUT2D eigenvalue weighted by Gasteiger charge is -2.16. The van der Waals surface area contributed by atoms with Crippen LogP contribution in [0, 0.1) is 5.92 Å². The lowest BCUT2D eigenvalue weighted by atomic mass is 9.95. The average Bonchev–Trinajstić information content (AvgIpc) is 2.22. The molecular weight excluding hydrogens is 218 g/mol. The predicted molar refractivity (Wildman–Crippen MR) is 67.8 cm³/mol. The Morgan fingerprint density at radius 2 is 1.88 bits per heavy atom. The molecule has 0 bridgehead atoms. The lowest BCUT2D eigenvalue weighted by molar-refractivity contribution is -0.137. The van der Waals surface area contributed by atoms with Gasteiger partial charge in [0.1, 0.15) is 0 Å². The first-order valence-corrected chi connectivity index (χ1v) is 6.50. The summed E-state index contributed by atoms with van der Waals surface area (Å²) in [7, 11) is 0. The number of hydrogen-bond donors (Lipinski definition) is 2. The molecule has 0 aromatic rings. The molecule has 0 aliphatic carbocycles. The highest BCUT2D eigenvalue weighted by Crippen LogP contribution is 2.16. The van der Waals surface area contributed by atoms with Gasteiger partial charge in [-0.3, -0.25) is 9.59 Å². The molecule has 100 valence electrons. The van der Waals surface area contributed by atoms with E-state index in [9.17, 15) is 9.59 Å². The Hall–Kier alpha value is -1.06.